The van der Waals surface area contributed by atoms with Gasteiger partial charge in [-0.25, -0.2) is 0 Å². The van der Waals surface area contributed by atoms with Crippen LogP contribution in [0, 0.1) is 0 Å². The Hall–Kier alpha value is -0.0800. The summed E-state index contributed by atoms with van der Waals surface area (Å²) in [4.78, 5) is 0. The van der Waals surface area contributed by atoms with Crippen molar-refractivity contribution in [3.8, 4) is 0 Å². The molecule has 0 radical (unpaired) electrons. The van der Waals surface area contributed by atoms with Crippen LogP contribution in [0.3, 0.4) is 0 Å². The molecule has 0 unspecified atom stereocenters. The molecule has 0 aromatic heterocycles. The molecule has 0 aromatic carbocycles. The normalized spacial score (nSPS) is 10.9. The molecule has 15 heavy (non-hydrogen) atoms. The van der Waals surface area contributed by atoms with Crippen molar-refractivity contribution < 1.29 is 18.7 Å². The van der Waals surface area contributed by atoms with Crippen molar-refractivity contribution in [2.45, 2.75) is 13.8 Å². The summed E-state index contributed by atoms with van der Waals surface area (Å²) >= 11 is 5.42. The van der Waals surface area contributed by atoms with Crippen LogP contribution in [-0.2, 0) is 13.6 Å². The van der Waals surface area contributed by atoms with E-state index in [2.05, 4.69) is 5.73 Å². The summed E-state index contributed by atoms with van der Waals surface area (Å²) in [6, 6.07) is 0. The molecule has 0 heterocycles. The Morgan fingerprint density at radius 3 is 2.33 bits per heavy atom. The number of aliphatic hydroxyl groups excluding tert-OH is 1. The van der Waals surface area contributed by atoms with Gasteiger partial charge in [-0.1, -0.05) is 0 Å². The van der Waals surface area contributed by atoms with E-state index >= 15 is 0 Å². The van der Waals surface area contributed by atoms with Crippen LogP contribution < -0.4 is 0 Å². The van der Waals surface area contributed by atoms with Crippen molar-refractivity contribution in [1.29, 1.82) is 0 Å². The van der Waals surface area contributed by atoms with Crippen LogP contribution in [0.1, 0.15) is 13.8 Å². The van der Waals surface area contributed by atoms with Crippen molar-refractivity contribution in [1.82, 2.24) is 0 Å². The lowest BCUT2D eigenvalue weighted by atomic mass is 10.6. The molecule has 88 valence electrons. The second-order valence-electron chi connectivity index (χ2n) is 2.44. The molecule has 0 fully saturated rings. The molecular weight excluding hydrogens is 239 g/mol. The third kappa shape index (κ3) is 4.98. The first kappa shape index (κ1) is 14.9. The SMILES string of the molecule is CCOP(=O)(OCC)C(=C=CCCl)CO. The third-order valence-corrected chi connectivity index (χ3v) is 3.71. The fraction of sp³-hybridized carbons (Fsp3) is 0.667. The molecule has 0 spiro atoms. The second kappa shape index (κ2) is 8.12. The first-order valence-electron chi connectivity index (χ1n) is 4.65. The van der Waals surface area contributed by atoms with Crippen molar-refractivity contribution >= 4 is 19.2 Å². The van der Waals surface area contributed by atoms with Gasteiger partial charge in [-0.2, -0.15) is 0 Å². The summed E-state index contributed by atoms with van der Waals surface area (Å²) in [7, 11) is -3.39. The van der Waals surface area contributed by atoms with Crippen molar-refractivity contribution in [2.75, 3.05) is 25.7 Å². The molecule has 0 rings (SSSR count). The van der Waals surface area contributed by atoms with Crippen molar-refractivity contribution in [3.63, 3.8) is 0 Å². The average molecular weight is 255 g/mol. The molecule has 0 saturated heterocycles. The molecule has 1 N–H and O–H groups in total. The van der Waals surface area contributed by atoms with Gasteiger partial charge in [-0.15, -0.1) is 17.3 Å². The van der Waals surface area contributed by atoms with Gasteiger partial charge in [-0.3, -0.25) is 4.57 Å². The summed E-state index contributed by atoms with van der Waals surface area (Å²) in [5, 5.41) is 9.15. The predicted molar refractivity (Wildman–Crippen MR) is 60.3 cm³/mol. The number of rotatable bonds is 7. The van der Waals surface area contributed by atoms with Crippen LogP contribution in [0.4, 0.5) is 0 Å². The highest BCUT2D eigenvalue weighted by Gasteiger charge is 2.28. The Bertz CT molecular complexity index is 274. The molecule has 6 heteroatoms. The van der Waals surface area contributed by atoms with Crippen LogP contribution in [-0.4, -0.2) is 30.8 Å². The van der Waals surface area contributed by atoms with Crippen molar-refractivity contribution in [2.24, 2.45) is 0 Å². The lowest BCUT2D eigenvalue weighted by Crippen LogP contribution is -2.01. The van der Waals surface area contributed by atoms with Gasteiger partial charge in [0.05, 0.1) is 19.8 Å². The lowest BCUT2D eigenvalue weighted by Gasteiger charge is -2.16. The topological polar surface area (TPSA) is 55.8 Å². The summed E-state index contributed by atoms with van der Waals surface area (Å²) in [6.07, 6.45) is 1.46. The third-order valence-electron chi connectivity index (χ3n) is 1.42. The zero-order chi connectivity index (χ0) is 11.7. The fourth-order valence-corrected chi connectivity index (χ4v) is 2.47. The Labute approximate surface area is 95.1 Å². The second-order valence-corrected chi connectivity index (χ2v) is 4.80. The van der Waals surface area contributed by atoms with Crippen LogP contribution >= 0.6 is 19.2 Å². The molecule has 0 bridgehead atoms. The van der Waals surface area contributed by atoms with E-state index in [1.165, 1.54) is 6.08 Å². The Balaban J connectivity index is 5.02. The van der Waals surface area contributed by atoms with Crippen LogP contribution in [0.5, 0.6) is 0 Å². The van der Waals surface area contributed by atoms with E-state index in [0.717, 1.165) is 0 Å². The van der Waals surface area contributed by atoms with Gasteiger partial charge in [0.25, 0.3) is 0 Å². The monoisotopic (exact) mass is 254 g/mol. The molecular formula is C9H16ClO4P. The molecule has 0 aromatic rings. The highest BCUT2D eigenvalue weighted by Crippen LogP contribution is 2.55. The average Bonchev–Trinajstić information content (AvgIpc) is 2.19. The summed E-state index contributed by atoms with van der Waals surface area (Å²) < 4.78 is 22.1. The van der Waals surface area contributed by atoms with E-state index in [1.54, 1.807) is 13.8 Å². The number of alkyl halides is 1. The molecule has 0 aliphatic heterocycles. The highest BCUT2D eigenvalue weighted by molar-refractivity contribution is 7.58. The number of hydrogen-bond donors (Lipinski definition) is 1. The zero-order valence-corrected chi connectivity index (χ0v) is 10.6. The Morgan fingerprint density at radius 1 is 1.47 bits per heavy atom. The van der Waals surface area contributed by atoms with E-state index in [9.17, 15) is 4.57 Å². The first-order valence-corrected chi connectivity index (χ1v) is 6.72. The van der Waals surface area contributed by atoms with Crippen LogP contribution in [0.25, 0.3) is 0 Å². The van der Waals surface area contributed by atoms with Gasteiger partial charge in [-0.05, 0) is 19.9 Å². The number of aliphatic hydroxyl groups is 1. The number of halogens is 1. The van der Waals surface area contributed by atoms with Crippen LogP contribution in [0.2, 0.25) is 0 Å². The summed E-state index contributed by atoms with van der Waals surface area (Å²) in [5.74, 6) is 0.224. The molecule has 0 saturated carbocycles. The van der Waals surface area contributed by atoms with Crippen LogP contribution in [0.15, 0.2) is 17.1 Å². The minimum atomic E-state index is -3.39. The van der Waals surface area contributed by atoms with E-state index in [-0.39, 0.29) is 24.4 Å². The number of hydrogen-bond acceptors (Lipinski definition) is 4. The molecule has 0 aliphatic rings. The van der Waals surface area contributed by atoms with Gasteiger partial charge in [0.1, 0.15) is 5.31 Å². The van der Waals surface area contributed by atoms with Gasteiger partial charge >= 0.3 is 7.60 Å². The smallest absolute Gasteiger partial charge is 0.367 e. The minimum Gasteiger partial charge on any atom is -0.391 e. The maximum atomic E-state index is 12.1. The van der Waals surface area contributed by atoms with Gasteiger partial charge in [0, 0.05) is 5.88 Å². The van der Waals surface area contributed by atoms with Crippen molar-refractivity contribution in [3.05, 3.63) is 17.1 Å². The van der Waals surface area contributed by atoms with E-state index < -0.39 is 14.2 Å². The van der Waals surface area contributed by atoms with E-state index in [4.69, 9.17) is 25.8 Å². The van der Waals surface area contributed by atoms with E-state index in [0.29, 0.717) is 0 Å². The maximum Gasteiger partial charge on any atom is 0.367 e. The standard InChI is InChI=1S/C9H16ClO4P/c1-3-13-15(12,14-4-2)9(8-11)6-5-7-10/h5,11H,3-4,7-8H2,1-2H3. The maximum absolute atomic E-state index is 12.1. The predicted octanol–water partition coefficient (Wildman–Crippen LogP) is 2.52. The minimum absolute atomic E-state index is 0.104. The molecule has 4 nitrogen and oxygen atoms in total. The molecule has 0 aliphatic carbocycles. The van der Waals surface area contributed by atoms with E-state index in [1.807, 2.05) is 0 Å². The van der Waals surface area contributed by atoms with Gasteiger partial charge in [0.2, 0.25) is 0 Å². The molecule has 0 amide bonds. The quantitative estimate of drug-likeness (QED) is 0.431. The Morgan fingerprint density at radius 2 is 2.00 bits per heavy atom. The largest absolute Gasteiger partial charge is 0.391 e. The Kier molecular flexibility index (Phi) is 8.07. The summed E-state index contributed by atoms with van der Waals surface area (Å²) in [5.41, 5.74) is 2.63. The lowest BCUT2D eigenvalue weighted by molar-refractivity contribution is 0.220. The van der Waals surface area contributed by atoms with Gasteiger partial charge < -0.3 is 14.2 Å². The van der Waals surface area contributed by atoms with Gasteiger partial charge in [0.15, 0.2) is 0 Å². The highest BCUT2D eigenvalue weighted by atomic mass is 35.5. The first-order chi connectivity index (χ1) is 7.14. The zero-order valence-electron chi connectivity index (χ0n) is 8.90. The molecule has 0 atom stereocenters. The summed E-state index contributed by atoms with van der Waals surface area (Å²) in [6.45, 7) is 3.45. The fourth-order valence-electron chi connectivity index (χ4n) is 0.901.